The van der Waals surface area contributed by atoms with Crippen molar-refractivity contribution in [2.45, 2.75) is 84.3 Å². The van der Waals surface area contributed by atoms with E-state index in [9.17, 15) is 4.79 Å². The van der Waals surface area contributed by atoms with Crippen LogP contribution in [-0.4, -0.2) is 57.0 Å². The molecule has 0 heterocycles. The Morgan fingerprint density at radius 3 is 2.21 bits per heavy atom. The molecule has 0 unspecified atom stereocenters. The van der Waals surface area contributed by atoms with Gasteiger partial charge in [0, 0.05) is 33.9 Å². The molecule has 3 N–H and O–H groups in total. The average Bonchev–Trinajstić information content (AvgIpc) is 2.60. The number of methoxy groups -OCH3 is 1. The molecule has 0 radical (unpaired) electrons. The number of aliphatic imine (C=N–C) groups is 1. The molecule has 0 aromatic rings. The molecule has 1 rings (SSSR count). The van der Waals surface area contributed by atoms with E-state index in [0.717, 1.165) is 38.4 Å². The van der Waals surface area contributed by atoms with Crippen LogP contribution in [0.25, 0.3) is 0 Å². The molecule has 0 bridgehead atoms. The van der Waals surface area contributed by atoms with Crippen LogP contribution in [0, 0.1) is 5.41 Å². The standard InChI is InChI=1S/C21H42N4O3/c1-8-21(9-2,25-18(26)28-19(3,4)5)16-24-17(22-6)23-15-20(11-10-12-20)13-14-27-7/h8-16H2,1-7H3,(H,25,26)(H2,22,23,24). The van der Waals surface area contributed by atoms with E-state index in [1.165, 1.54) is 19.3 Å². The van der Waals surface area contributed by atoms with E-state index in [4.69, 9.17) is 9.47 Å². The summed E-state index contributed by atoms with van der Waals surface area (Å²) in [4.78, 5) is 16.7. The first-order chi connectivity index (χ1) is 13.1. The number of nitrogens with one attached hydrogen (secondary N) is 3. The van der Waals surface area contributed by atoms with Gasteiger partial charge in [0.05, 0.1) is 5.54 Å². The molecule has 0 aliphatic heterocycles. The summed E-state index contributed by atoms with van der Waals surface area (Å²) in [6.07, 6.45) is 6.03. The molecule has 0 saturated heterocycles. The second kappa shape index (κ2) is 10.9. The Bertz CT molecular complexity index is 506. The zero-order valence-corrected chi connectivity index (χ0v) is 19.0. The minimum absolute atomic E-state index is 0.314. The van der Waals surface area contributed by atoms with Crippen LogP contribution in [0.2, 0.25) is 0 Å². The van der Waals surface area contributed by atoms with Gasteiger partial charge in [-0.25, -0.2) is 4.79 Å². The first-order valence-electron chi connectivity index (χ1n) is 10.6. The van der Waals surface area contributed by atoms with Gasteiger partial charge in [-0.2, -0.15) is 0 Å². The van der Waals surface area contributed by atoms with Gasteiger partial charge in [-0.05, 0) is 58.3 Å². The fourth-order valence-electron chi connectivity index (χ4n) is 3.50. The van der Waals surface area contributed by atoms with Crippen molar-refractivity contribution in [3.63, 3.8) is 0 Å². The summed E-state index contributed by atoms with van der Waals surface area (Å²) in [5.74, 6) is 0.765. The van der Waals surface area contributed by atoms with E-state index in [0.29, 0.717) is 12.0 Å². The van der Waals surface area contributed by atoms with Gasteiger partial charge < -0.3 is 25.4 Å². The van der Waals surface area contributed by atoms with Gasteiger partial charge in [-0.1, -0.05) is 20.3 Å². The average molecular weight is 399 g/mol. The molecule has 28 heavy (non-hydrogen) atoms. The van der Waals surface area contributed by atoms with Crippen molar-refractivity contribution in [3.8, 4) is 0 Å². The minimum atomic E-state index is -0.512. The van der Waals surface area contributed by atoms with Crippen molar-refractivity contribution in [3.05, 3.63) is 0 Å². The Labute approximate surface area is 171 Å². The Balaban J connectivity index is 2.60. The summed E-state index contributed by atoms with van der Waals surface area (Å²) in [5.41, 5.74) is -0.583. The number of nitrogens with zero attached hydrogens (tertiary/aromatic N) is 1. The molecule has 1 aliphatic rings. The molecule has 7 nitrogen and oxygen atoms in total. The molecule has 7 heteroatoms. The molecule has 0 aromatic carbocycles. The van der Waals surface area contributed by atoms with Crippen LogP contribution in [0.4, 0.5) is 4.79 Å². The zero-order chi connectivity index (χ0) is 21.3. The van der Waals surface area contributed by atoms with E-state index in [1.807, 2.05) is 20.8 Å². The van der Waals surface area contributed by atoms with Crippen LogP contribution in [-0.2, 0) is 9.47 Å². The van der Waals surface area contributed by atoms with E-state index < -0.39 is 5.60 Å². The number of ether oxygens (including phenoxy) is 2. The van der Waals surface area contributed by atoms with Crippen molar-refractivity contribution in [1.82, 2.24) is 16.0 Å². The summed E-state index contributed by atoms with van der Waals surface area (Å²) in [5, 5.41) is 9.93. The monoisotopic (exact) mass is 398 g/mol. The van der Waals surface area contributed by atoms with Gasteiger partial charge >= 0.3 is 6.09 Å². The number of hydrogen-bond donors (Lipinski definition) is 3. The second-order valence-electron chi connectivity index (χ2n) is 8.99. The number of amides is 1. The van der Waals surface area contributed by atoms with E-state index in [-0.39, 0.29) is 11.6 Å². The Morgan fingerprint density at radius 1 is 1.14 bits per heavy atom. The molecule has 1 saturated carbocycles. The fourth-order valence-corrected chi connectivity index (χ4v) is 3.50. The lowest BCUT2D eigenvalue weighted by molar-refractivity contribution is 0.0448. The van der Waals surface area contributed by atoms with Crippen LogP contribution in [0.3, 0.4) is 0 Å². The minimum Gasteiger partial charge on any atom is -0.444 e. The largest absolute Gasteiger partial charge is 0.444 e. The number of rotatable bonds is 10. The van der Waals surface area contributed by atoms with E-state index >= 15 is 0 Å². The Kier molecular flexibility index (Phi) is 9.54. The third-order valence-electron chi connectivity index (χ3n) is 5.82. The summed E-state index contributed by atoms with van der Waals surface area (Å²) < 4.78 is 10.7. The quantitative estimate of drug-likeness (QED) is 0.388. The van der Waals surface area contributed by atoms with E-state index in [1.54, 1.807) is 14.2 Å². The maximum atomic E-state index is 12.3. The number of carbonyl (C=O) groups is 1. The summed E-state index contributed by atoms with van der Waals surface area (Å²) >= 11 is 0. The highest BCUT2D eigenvalue weighted by atomic mass is 16.6. The van der Waals surface area contributed by atoms with Crippen molar-refractivity contribution in [2.24, 2.45) is 10.4 Å². The van der Waals surface area contributed by atoms with Crippen LogP contribution in [0.5, 0.6) is 0 Å². The van der Waals surface area contributed by atoms with Gasteiger partial charge in [-0.3, -0.25) is 4.99 Å². The predicted molar refractivity (Wildman–Crippen MR) is 115 cm³/mol. The number of alkyl carbamates (subject to hydrolysis) is 1. The summed E-state index contributed by atoms with van der Waals surface area (Å²) in [6, 6.07) is 0. The fraction of sp³-hybridized carbons (Fsp3) is 0.905. The summed E-state index contributed by atoms with van der Waals surface area (Å²) in [6.45, 7) is 12.0. The van der Waals surface area contributed by atoms with Crippen molar-refractivity contribution < 1.29 is 14.3 Å². The van der Waals surface area contributed by atoms with Crippen molar-refractivity contribution >= 4 is 12.1 Å². The van der Waals surface area contributed by atoms with Crippen LogP contribution in [0.1, 0.15) is 73.1 Å². The Hall–Kier alpha value is -1.50. The molecule has 0 aromatic heterocycles. The Morgan fingerprint density at radius 2 is 1.79 bits per heavy atom. The van der Waals surface area contributed by atoms with Crippen LogP contribution < -0.4 is 16.0 Å². The first kappa shape index (κ1) is 24.5. The lowest BCUT2D eigenvalue weighted by Gasteiger charge is -2.42. The van der Waals surface area contributed by atoms with Crippen molar-refractivity contribution in [2.75, 3.05) is 33.9 Å². The lowest BCUT2D eigenvalue weighted by Crippen LogP contribution is -2.57. The molecular weight excluding hydrogens is 356 g/mol. The van der Waals surface area contributed by atoms with Crippen LogP contribution >= 0.6 is 0 Å². The third-order valence-corrected chi connectivity index (χ3v) is 5.82. The van der Waals surface area contributed by atoms with Crippen LogP contribution in [0.15, 0.2) is 4.99 Å². The van der Waals surface area contributed by atoms with Gasteiger partial charge in [0.25, 0.3) is 0 Å². The lowest BCUT2D eigenvalue weighted by atomic mass is 9.67. The number of guanidine groups is 1. The highest BCUT2D eigenvalue weighted by Crippen LogP contribution is 2.43. The molecule has 164 valence electrons. The summed E-state index contributed by atoms with van der Waals surface area (Å²) in [7, 11) is 3.53. The molecule has 1 amide bonds. The van der Waals surface area contributed by atoms with Gasteiger partial charge in [0.15, 0.2) is 5.96 Å². The predicted octanol–water partition coefficient (Wildman–Crippen LogP) is 3.44. The molecular formula is C21H42N4O3. The zero-order valence-electron chi connectivity index (χ0n) is 19.0. The number of carbonyl (C=O) groups excluding carboxylic acids is 1. The molecule has 0 atom stereocenters. The highest BCUT2D eigenvalue weighted by Gasteiger charge is 2.37. The maximum Gasteiger partial charge on any atom is 0.408 e. The third kappa shape index (κ3) is 7.86. The highest BCUT2D eigenvalue weighted by molar-refractivity contribution is 5.80. The van der Waals surface area contributed by atoms with Gasteiger partial charge in [0.1, 0.15) is 5.60 Å². The van der Waals surface area contributed by atoms with Gasteiger partial charge in [0.2, 0.25) is 0 Å². The molecule has 1 fully saturated rings. The second-order valence-corrected chi connectivity index (χ2v) is 8.99. The number of hydrogen-bond acceptors (Lipinski definition) is 4. The maximum absolute atomic E-state index is 12.3. The normalized spacial score (nSPS) is 16.9. The molecule has 1 aliphatic carbocycles. The SMILES string of the molecule is CCC(CC)(CNC(=NC)NCC1(CCOC)CCC1)NC(=O)OC(C)(C)C. The van der Waals surface area contributed by atoms with Gasteiger partial charge in [-0.15, -0.1) is 0 Å². The smallest absolute Gasteiger partial charge is 0.408 e. The van der Waals surface area contributed by atoms with E-state index in [2.05, 4.69) is 34.8 Å². The van der Waals surface area contributed by atoms with Crippen molar-refractivity contribution in [1.29, 1.82) is 0 Å². The molecule has 0 spiro atoms. The first-order valence-corrected chi connectivity index (χ1v) is 10.6. The topological polar surface area (TPSA) is 84.0 Å².